The van der Waals surface area contributed by atoms with Crippen LogP contribution in [-0.4, -0.2) is 18.3 Å². The fourth-order valence-electron chi connectivity index (χ4n) is 1.85. The van der Waals surface area contributed by atoms with E-state index in [-0.39, 0.29) is 23.6 Å². The first kappa shape index (κ1) is 16.0. The molecule has 0 aliphatic carbocycles. The second kappa shape index (κ2) is 7.49. The van der Waals surface area contributed by atoms with Gasteiger partial charge in [0.1, 0.15) is 5.82 Å². The van der Waals surface area contributed by atoms with Gasteiger partial charge in [-0.1, -0.05) is 32.0 Å². The summed E-state index contributed by atoms with van der Waals surface area (Å²) in [5, 5.41) is 2.86. The number of hydrogen-bond donors (Lipinski definition) is 1. The van der Waals surface area contributed by atoms with Gasteiger partial charge in [-0.05, 0) is 29.9 Å². The molecule has 0 aromatic heterocycles. The third kappa shape index (κ3) is 6.06. The molecule has 2 nitrogen and oxygen atoms in total. The van der Waals surface area contributed by atoms with Crippen molar-refractivity contribution in [2.45, 2.75) is 33.1 Å². The Morgan fingerprint density at radius 3 is 2.68 bits per heavy atom. The molecule has 0 fully saturated rings. The highest BCUT2D eigenvalue weighted by atomic mass is 35.5. The number of amides is 1. The Labute approximate surface area is 119 Å². The molecule has 0 aliphatic heterocycles. The number of carbonyl (C=O) groups excluding carboxylic acids is 1. The summed E-state index contributed by atoms with van der Waals surface area (Å²) in [6.45, 7) is 4.75. The molecule has 19 heavy (non-hydrogen) atoms. The average molecular weight is 286 g/mol. The van der Waals surface area contributed by atoms with Gasteiger partial charge in [-0.2, -0.15) is 0 Å². The Morgan fingerprint density at radius 1 is 1.37 bits per heavy atom. The molecule has 106 valence electrons. The van der Waals surface area contributed by atoms with E-state index in [1.807, 2.05) is 0 Å². The van der Waals surface area contributed by atoms with Crippen molar-refractivity contribution in [2.75, 3.05) is 12.4 Å². The molecule has 0 bridgehead atoms. The predicted octanol–water partition coefficient (Wildman–Crippen LogP) is 3.53. The molecule has 0 saturated carbocycles. The van der Waals surface area contributed by atoms with Crippen LogP contribution in [0.25, 0.3) is 0 Å². The molecule has 1 amide bonds. The van der Waals surface area contributed by atoms with Crippen LogP contribution >= 0.6 is 11.6 Å². The third-order valence-corrected chi connectivity index (χ3v) is 3.33. The van der Waals surface area contributed by atoms with Crippen LogP contribution in [-0.2, 0) is 11.2 Å². The lowest BCUT2D eigenvalue weighted by atomic mass is 9.88. The molecule has 0 radical (unpaired) electrons. The van der Waals surface area contributed by atoms with Gasteiger partial charge in [0.25, 0.3) is 0 Å². The highest BCUT2D eigenvalue weighted by molar-refractivity contribution is 6.17. The van der Waals surface area contributed by atoms with Gasteiger partial charge in [0.2, 0.25) is 5.91 Å². The van der Waals surface area contributed by atoms with E-state index in [1.54, 1.807) is 18.2 Å². The molecule has 0 unspecified atom stereocenters. The van der Waals surface area contributed by atoms with Gasteiger partial charge < -0.3 is 5.32 Å². The van der Waals surface area contributed by atoms with Crippen molar-refractivity contribution in [1.82, 2.24) is 5.32 Å². The summed E-state index contributed by atoms with van der Waals surface area (Å²) in [7, 11) is 0. The van der Waals surface area contributed by atoms with Gasteiger partial charge in [0, 0.05) is 12.4 Å². The second-order valence-electron chi connectivity index (χ2n) is 5.50. The maximum atomic E-state index is 13.4. The number of hydrogen-bond acceptors (Lipinski definition) is 1. The van der Waals surface area contributed by atoms with Crippen molar-refractivity contribution in [3.8, 4) is 0 Å². The monoisotopic (exact) mass is 285 g/mol. The number of benzene rings is 1. The Hall–Kier alpha value is -1.09. The Balaban J connectivity index is 2.42. The van der Waals surface area contributed by atoms with Crippen LogP contribution in [0.1, 0.15) is 32.3 Å². The largest absolute Gasteiger partial charge is 0.355 e. The fraction of sp³-hybridized carbons (Fsp3) is 0.533. The van der Waals surface area contributed by atoms with Crippen LogP contribution in [0.2, 0.25) is 0 Å². The van der Waals surface area contributed by atoms with Crippen molar-refractivity contribution in [3.63, 3.8) is 0 Å². The summed E-state index contributed by atoms with van der Waals surface area (Å²) in [5.41, 5.74) is 0.443. The van der Waals surface area contributed by atoms with E-state index in [2.05, 4.69) is 19.2 Å². The molecule has 0 saturated heterocycles. The van der Waals surface area contributed by atoms with Gasteiger partial charge in [0.05, 0.1) is 6.42 Å². The van der Waals surface area contributed by atoms with Gasteiger partial charge >= 0.3 is 0 Å². The molecule has 1 N–H and O–H groups in total. The van der Waals surface area contributed by atoms with Crippen molar-refractivity contribution < 1.29 is 9.18 Å². The summed E-state index contributed by atoms with van der Waals surface area (Å²) in [5.74, 6) is 0.148. The van der Waals surface area contributed by atoms with Crippen LogP contribution in [0, 0.1) is 11.2 Å². The normalized spacial score (nSPS) is 11.4. The Kier molecular flexibility index (Phi) is 6.29. The number of carbonyl (C=O) groups is 1. The lowest BCUT2D eigenvalue weighted by Crippen LogP contribution is -2.35. The van der Waals surface area contributed by atoms with Crippen molar-refractivity contribution >= 4 is 17.5 Å². The maximum absolute atomic E-state index is 13.4. The summed E-state index contributed by atoms with van der Waals surface area (Å²) < 4.78 is 13.4. The molecular formula is C15H21ClFNO. The lowest BCUT2D eigenvalue weighted by molar-refractivity contribution is -0.120. The Morgan fingerprint density at radius 2 is 2.05 bits per heavy atom. The SMILES string of the molecule is CC(C)(CCCCl)CNC(=O)Cc1ccccc1F. The average Bonchev–Trinajstić information content (AvgIpc) is 2.37. The van der Waals surface area contributed by atoms with E-state index in [4.69, 9.17) is 11.6 Å². The van der Waals surface area contributed by atoms with Gasteiger partial charge in [0.15, 0.2) is 0 Å². The molecule has 0 atom stereocenters. The van der Waals surface area contributed by atoms with Crippen molar-refractivity contribution in [3.05, 3.63) is 35.6 Å². The van der Waals surface area contributed by atoms with Crippen LogP contribution in [0.4, 0.5) is 4.39 Å². The zero-order valence-electron chi connectivity index (χ0n) is 11.5. The number of rotatable bonds is 7. The number of halogens is 2. The van der Waals surface area contributed by atoms with E-state index in [0.29, 0.717) is 18.0 Å². The lowest BCUT2D eigenvalue weighted by Gasteiger charge is -2.24. The van der Waals surface area contributed by atoms with Gasteiger partial charge in [-0.25, -0.2) is 4.39 Å². The van der Waals surface area contributed by atoms with Gasteiger partial charge in [-0.15, -0.1) is 11.6 Å². The van der Waals surface area contributed by atoms with E-state index in [0.717, 1.165) is 12.8 Å². The topological polar surface area (TPSA) is 29.1 Å². The molecule has 1 rings (SSSR count). The van der Waals surface area contributed by atoms with Crippen LogP contribution in [0.3, 0.4) is 0 Å². The molecule has 1 aromatic carbocycles. The summed E-state index contributed by atoms with van der Waals surface area (Å²) in [6, 6.07) is 6.35. The minimum atomic E-state index is -0.334. The molecule has 0 heterocycles. The first-order valence-electron chi connectivity index (χ1n) is 6.51. The maximum Gasteiger partial charge on any atom is 0.224 e. The second-order valence-corrected chi connectivity index (χ2v) is 5.88. The highest BCUT2D eigenvalue weighted by Crippen LogP contribution is 2.21. The standard InChI is InChI=1S/C15H21ClFNO/c1-15(2,8-5-9-16)11-18-14(19)10-12-6-3-4-7-13(12)17/h3-4,6-7H,5,8-11H2,1-2H3,(H,18,19). The van der Waals surface area contributed by atoms with Crippen LogP contribution in [0.15, 0.2) is 24.3 Å². The van der Waals surface area contributed by atoms with E-state index in [9.17, 15) is 9.18 Å². The molecule has 4 heteroatoms. The zero-order chi connectivity index (χ0) is 14.3. The minimum absolute atomic E-state index is 0.0137. The first-order valence-corrected chi connectivity index (χ1v) is 7.04. The molecule has 0 spiro atoms. The van der Waals surface area contributed by atoms with Gasteiger partial charge in [-0.3, -0.25) is 4.79 Å². The zero-order valence-corrected chi connectivity index (χ0v) is 12.3. The van der Waals surface area contributed by atoms with E-state index in [1.165, 1.54) is 6.07 Å². The minimum Gasteiger partial charge on any atom is -0.355 e. The van der Waals surface area contributed by atoms with E-state index < -0.39 is 0 Å². The number of alkyl halides is 1. The fourth-order valence-corrected chi connectivity index (χ4v) is 1.98. The smallest absolute Gasteiger partial charge is 0.224 e. The molecule has 1 aromatic rings. The van der Waals surface area contributed by atoms with Crippen molar-refractivity contribution in [2.24, 2.45) is 5.41 Å². The molecular weight excluding hydrogens is 265 g/mol. The first-order chi connectivity index (χ1) is 8.94. The highest BCUT2D eigenvalue weighted by Gasteiger charge is 2.18. The quantitative estimate of drug-likeness (QED) is 0.763. The van der Waals surface area contributed by atoms with Crippen molar-refractivity contribution in [1.29, 1.82) is 0 Å². The van der Waals surface area contributed by atoms with E-state index >= 15 is 0 Å². The summed E-state index contributed by atoms with van der Waals surface area (Å²) in [4.78, 5) is 11.8. The summed E-state index contributed by atoms with van der Waals surface area (Å²) in [6.07, 6.45) is 1.96. The Bertz CT molecular complexity index is 420. The predicted molar refractivity (Wildman–Crippen MR) is 76.8 cm³/mol. The van der Waals surface area contributed by atoms with Crippen LogP contribution in [0.5, 0.6) is 0 Å². The summed E-state index contributed by atoms with van der Waals surface area (Å²) >= 11 is 5.67. The third-order valence-electron chi connectivity index (χ3n) is 3.06. The number of nitrogens with one attached hydrogen (secondary N) is 1. The van der Waals surface area contributed by atoms with Crippen LogP contribution < -0.4 is 5.32 Å². The molecule has 0 aliphatic rings.